The summed E-state index contributed by atoms with van der Waals surface area (Å²) < 4.78 is 16.2. The molecule has 5 rings (SSSR count). The van der Waals surface area contributed by atoms with Gasteiger partial charge in [0.25, 0.3) is 5.91 Å². The van der Waals surface area contributed by atoms with Crippen LogP contribution in [-0.2, 0) is 27.3 Å². The van der Waals surface area contributed by atoms with Crippen molar-refractivity contribution in [2.45, 2.75) is 50.8 Å². The van der Waals surface area contributed by atoms with Crippen LogP contribution in [0.1, 0.15) is 48.4 Å². The number of amides is 1. The molecular weight excluding hydrogens is 370 g/mol. The second-order valence-electron chi connectivity index (χ2n) is 7.78. The molecule has 0 saturated carbocycles. The summed E-state index contributed by atoms with van der Waals surface area (Å²) in [5, 5.41) is 0. The lowest BCUT2D eigenvalue weighted by atomic mass is 9.86. The maximum absolute atomic E-state index is 13.4. The van der Waals surface area contributed by atoms with Gasteiger partial charge in [-0.3, -0.25) is 9.59 Å². The Hall–Kier alpha value is -3.02. The van der Waals surface area contributed by atoms with Crippen molar-refractivity contribution in [2.75, 3.05) is 6.79 Å². The quantitative estimate of drug-likeness (QED) is 0.744. The topological polar surface area (TPSA) is 65.1 Å². The van der Waals surface area contributed by atoms with E-state index in [2.05, 4.69) is 12.1 Å². The minimum Gasteiger partial charge on any atom is -0.454 e. The van der Waals surface area contributed by atoms with Crippen LogP contribution in [0.3, 0.4) is 0 Å². The van der Waals surface area contributed by atoms with Crippen molar-refractivity contribution >= 4 is 11.9 Å². The van der Waals surface area contributed by atoms with Crippen molar-refractivity contribution in [3.05, 3.63) is 59.2 Å². The van der Waals surface area contributed by atoms with Crippen LogP contribution in [-0.4, -0.2) is 29.7 Å². The minimum atomic E-state index is -0.689. The zero-order chi connectivity index (χ0) is 19.8. The van der Waals surface area contributed by atoms with Gasteiger partial charge in [0, 0.05) is 19.4 Å². The van der Waals surface area contributed by atoms with E-state index in [1.54, 1.807) is 0 Å². The van der Waals surface area contributed by atoms with Crippen LogP contribution < -0.4 is 9.47 Å². The van der Waals surface area contributed by atoms with E-state index in [1.165, 1.54) is 11.1 Å². The first-order valence-corrected chi connectivity index (χ1v) is 10.2. The summed E-state index contributed by atoms with van der Waals surface area (Å²) in [7, 11) is 0. The largest absolute Gasteiger partial charge is 0.454 e. The third-order valence-electron chi connectivity index (χ3n) is 5.95. The predicted molar refractivity (Wildman–Crippen MR) is 104 cm³/mol. The van der Waals surface area contributed by atoms with Gasteiger partial charge >= 0.3 is 5.97 Å². The molecule has 2 atom stereocenters. The van der Waals surface area contributed by atoms with Gasteiger partial charge in [-0.15, -0.1) is 0 Å². The van der Waals surface area contributed by atoms with E-state index in [1.807, 2.05) is 35.2 Å². The van der Waals surface area contributed by atoms with E-state index < -0.39 is 6.10 Å². The Balaban J connectivity index is 1.48. The van der Waals surface area contributed by atoms with E-state index in [0.29, 0.717) is 25.1 Å². The maximum Gasteiger partial charge on any atom is 0.306 e. The molecule has 1 aliphatic carbocycles. The monoisotopic (exact) mass is 393 g/mol. The number of nitrogens with zero attached hydrogens (tertiary/aromatic N) is 1. The summed E-state index contributed by atoms with van der Waals surface area (Å²) in [4.78, 5) is 26.9. The molecule has 1 saturated heterocycles. The van der Waals surface area contributed by atoms with Gasteiger partial charge in [0.05, 0.1) is 6.04 Å². The van der Waals surface area contributed by atoms with E-state index in [-0.39, 0.29) is 24.7 Å². The highest BCUT2D eigenvalue weighted by molar-refractivity contribution is 5.87. The number of carbonyl (C=O) groups is 2. The number of esters is 1. The molecule has 2 aromatic carbocycles. The lowest BCUT2D eigenvalue weighted by molar-refractivity contribution is -0.155. The van der Waals surface area contributed by atoms with Gasteiger partial charge in [0.15, 0.2) is 17.6 Å². The summed E-state index contributed by atoms with van der Waals surface area (Å²) >= 11 is 0. The van der Waals surface area contributed by atoms with Gasteiger partial charge in [0.1, 0.15) is 0 Å². The number of fused-ring (bicyclic) bond motifs is 2. The number of hydrogen-bond acceptors (Lipinski definition) is 5. The van der Waals surface area contributed by atoms with Crippen LogP contribution in [0.25, 0.3) is 0 Å². The molecule has 6 heteroatoms. The molecule has 1 fully saturated rings. The van der Waals surface area contributed by atoms with Crippen LogP contribution in [0.2, 0.25) is 0 Å². The number of carbonyl (C=O) groups excluding carboxylic acids is 2. The number of cyclic esters (lactones) is 1. The van der Waals surface area contributed by atoms with Crippen molar-refractivity contribution in [1.82, 2.24) is 4.90 Å². The molecule has 3 aliphatic rings. The van der Waals surface area contributed by atoms with Gasteiger partial charge in [-0.25, -0.2) is 0 Å². The highest BCUT2D eigenvalue weighted by Gasteiger charge is 2.37. The van der Waals surface area contributed by atoms with E-state index in [0.717, 1.165) is 30.6 Å². The van der Waals surface area contributed by atoms with Crippen LogP contribution in [0.5, 0.6) is 11.5 Å². The number of rotatable bonds is 4. The smallest absolute Gasteiger partial charge is 0.306 e. The second-order valence-corrected chi connectivity index (χ2v) is 7.78. The Labute approximate surface area is 169 Å². The van der Waals surface area contributed by atoms with Gasteiger partial charge in [-0.05, 0) is 48.1 Å². The molecule has 2 heterocycles. The maximum atomic E-state index is 13.4. The third kappa shape index (κ3) is 3.43. The molecule has 6 nitrogen and oxygen atoms in total. The first kappa shape index (κ1) is 18.0. The van der Waals surface area contributed by atoms with E-state index >= 15 is 0 Å². The minimum absolute atomic E-state index is 0.0304. The van der Waals surface area contributed by atoms with Gasteiger partial charge in [0.2, 0.25) is 6.79 Å². The molecule has 2 aliphatic heterocycles. The second kappa shape index (κ2) is 7.43. The predicted octanol–water partition coefficient (Wildman–Crippen LogP) is 3.53. The molecule has 0 unspecified atom stereocenters. The van der Waals surface area contributed by atoms with Crippen molar-refractivity contribution < 1.29 is 23.8 Å². The standard InChI is InChI=1S/C23H23NO5/c25-22-11-10-20(29-22)23(26)24(13-15-8-9-19-21(12-15)28-14-27-19)18-7-3-5-16-4-1-2-6-17(16)18/h1-2,4,6,8-9,12,18,20H,3,5,7,10-11,13-14H2/t18-,20+/m1/s1. The number of ether oxygens (including phenoxy) is 3. The number of benzene rings is 2. The fraction of sp³-hybridized carbons (Fsp3) is 0.391. The number of aryl methyl sites for hydroxylation is 1. The Morgan fingerprint density at radius 2 is 1.90 bits per heavy atom. The highest BCUT2D eigenvalue weighted by Crippen LogP contribution is 2.38. The molecular formula is C23H23NO5. The van der Waals surface area contributed by atoms with Crippen LogP contribution in [0, 0.1) is 0 Å². The Morgan fingerprint density at radius 3 is 2.76 bits per heavy atom. The molecule has 1 amide bonds. The SMILES string of the molecule is O=C1CC[C@@H](C(=O)N(Cc2ccc3c(c2)OCO3)[C@@H]2CCCc3ccccc32)O1. The first-order valence-electron chi connectivity index (χ1n) is 10.2. The fourth-order valence-corrected chi connectivity index (χ4v) is 4.51. The van der Waals surface area contributed by atoms with Crippen molar-refractivity contribution in [3.8, 4) is 11.5 Å². The summed E-state index contributed by atoms with van der Waals surface area (Å²) in [5.41, 5.74) is 3.45. The fourth-order valence-electron chi connectivity index (χ4n) is 4.51. The van der Waals surface area contributed by atoms with Gasteiger partial charge in [-0.2, -0.15) is 0 Å². The molecule has 0 bridgehead atoms. The van der Waals surface area contributed by atoms with Crippen LogP contribution in [0.4, 0.5) is 0 Å². The lowest BCUT2D eigenvalue weighted by Gasteiger charge is -2.37. The summed E-state index contributed by atoms with van der Waals surface area (Å²) in [5.74, 6) is 1.01. The average molecular weight is 393 g/mol. The van der Waals surface area contributed by atoms with Crippen LogP contribution in [0.15, 0.2) is 42.5 Å². The molecule has 150 valence electrons. The Kier molecular flexibility index (Phi) is 4.62. The third-order valence-corrected chi connectivity index (χ3v) is 5.95. The van der Waals surface area contributed by atoms with Crippen molar-refractivity contribution in [1.29, 1.82) is 0 Å². The summed E-state index contributed by atoms with van der Waals surface area (Å²) in [6.45, 7) is 0.651. The normalized spacial score (nSPS) is 22.1. The molecule has 0 spiro atoms. The Morgan fingerprint density at radius 1 is 1.03 bits per heavy atom. The van der Waals surface area contributed by atoms with Crippen LogP contribution >= 0.6 is 0 Å². The van der Waals surface area contributed by atoms with E-state index in [9.17, 15) is 9.59 Å². The zero-order valence-electron chi connectivity index (χ0n) is 16.1. The highest BCUT2D eigenvalue weighted by atomic mass is 16.7. The van der Waals surface area contributed by atoms with E-state index in [4.69, 9.17) is 14.2 Å². The average Bonchev–Trinajstić information content (AvgIpc) is 3.39. The first-order chi connectivity index (χ1) is 14.2. The summed E-state index contributed by atoms with van der Waals surface area (Å²) in [6.07, 6.45) is 3.01. The lowest BCUT2D eigenvalue weighted by Crippen LogP contribution is -2.42. The zero-order valence-corrected chi connectivity index (χ0v) is 16.1. The summed E-state index contributed by atoms with van der Waals surface area (Å²) in [6, 6.07) is 14.1. The molecule has 0 N–H and O–H groups in total. The van der Waals surface area contributed by atoms with Gasteiger partial charge < -0.3 is 19.1 Å². The van der Waals surface area contributed by atoms with Gasteiger partial charge in [-0.1, -0.05) is 30.3 Å². The van der Waals surface area contributed by atoms with Crippen molar-refractivity contribution in [2.24, 2.45) is 0 Å². The van der Waals surface area contributed by atoms with Crippen molar-refractivity contribution in [3.63, 3.8) is 0 Å². The molecule has 29 heavy (non-hydrogen) atoms. The molecule has 0 radical (unpaired) electrons. The molecule has 2 aromatic rings. The Bertz CT molecular complexity index is 956. The molecule has 0 aromatic heterocycles. The number of hydrogen-bond donors (Lipinski definition) is 0.